The average molecular weight is 181 g/mol. The number of aromatic nitrogens is 5. The van der Waals surface area contributed by atoms with Crippen molar-refractivity contribution in [2.75, 3.05) is 0 Å². The Morgan fingerprint density at radius 3 is 2.23 bits per heavy atom. The summed E-state index contributed by atoms with van der Waals surface area (Å²) in [6, 6.07) is 0. The third kappa shape index (κ3) is 1.13. The topological polar surface area (TPSA) is 124 Å². The zero-order valence-electron chi connectivity index (χ0n) is 6.12. The van der Waals surface area contributed by atoms with Crippen LogP contribution in [0.4, 0.5) is 0 Å². The van der Waals surface area contributed by atoms with Crippen molar-refractivity contribution < 1.29 is 0 Å². The zero-order valence-corrected chi connectivity index (χ0v) is 6.12. The maximum atomic E-state index is 10.8. The van der Waals surface area contributed by atoms with Gasteiger partial charge in [0, 0.05) is 0 Å². The van der Waals surface area contributed by atoms with Crippen LogP contribution in [-0.2, 0) is 0 Å². The van der Waals surface area contributed by atoms with E-state index in [9.17, 15) is 14.4 Å². The highest BCUT2D eigenvalue weighted by Crippen LogP contribution is 1.88. The smallest absolute Gasteiger partial charge is 0.299 e. The van der Waals surface area contributed by atoms with E-state index in [2.05, 4.69) is 20.1 Å². The zero-order chi connectivity index (χ0) is 9.42. The number of H-pyrrole nitrogens is 3. The molecule has 66 valence electrons. The Hall–Kier alpha value is -2.25. The second kappa shape index (κ2) is 2.37. The summed E-state index contributed by atoms with van der Waals surface area (Å²) in [7, 11) is 0. The molecule has 13 heavy (non-hydrogen) atoms. The van der Waals surface area contributed by atoms with Crippen molar-refractivity contribution in [1.82, 2.24) is 25.1 Å². The first-order chi connectivity index (χ1) is 6.16. The van der Waals surface area contributed by atoms with Crippen LogP contribution in [0.15, 0.2) is 14.4 Å². The van der Waals surface area contributed by atoms with Crippen LogP contribution < -0.4 is 16.8 Å². The Morgan fingerprint density at radius 2 is 1.54 bits per heavy atom. The number of hydrogen-bond donors (Lipinski definition) is 3. The Balaban J connectivity index is 3.06. The van der Waals surface area contributed by atoms with Gasteiger partial charge in [-0.25, -0.2) is 9.89 Å². The number of rotatable bonds is 0. The largest absolute Gasteiger partial charge is 0.363 e. The molecule has 0 saturated carbocycles. The lowest BCUT2D eigenvalue weighted by Crippen LogP contribution is -2.31. The van der Waals surface area contributed by atoms with E-state index in [1.54, 1.807) is 0 Å². The summed E-state index contributed by atoms with van der Waals surface area (Å²) < 4.78 is 0. The lowest BCUT2D eigenvalue weighted by atomic mass is 10.6. The van der Waals surface area contributed by atoms with Crippen LogP contribution in [0.25, 0.3) is 11.3 Å². The number of fused-ring (bicyclic) bond motifs is 1. The van der Waals surface area contributed by atoms with E-state index in [1.807, 2.05) is 5.10 Å². The van der Waals surface area contributed by atoms with E-state index in [0.717, 1.165) is 0 Å². The Kier molecular flexibility index (Phi) is 1.35. The standard InChI is InChI=1S/C5H3N5O3/c11-3-4(12)7-2-1(6-3)8-5(13)10-9-2/h(H,7,9,12)(H2,6,8,10,11,13). The molecule has 0 aliphatic carbocycles. The maximum absolute atomic E-state index is 10.8. The molecule has 0 aromatic carbocycles. The van der Waals surface area contributed by atoms with Crippen molar-refractivity contribution >= 4 is 11.3 Å². The summed E-state index contributed by atoms with van der Waals surface area (Å²) in [5, 5.41) is 5.47. The molecule has 8 nitrogen and oxygen atoms in total. The normalized spacial score (nSPS) is 10.5. The lowest BCUT2D eigenvalue weighted by Gasteiger charge is -1.91. The average Bonchev–Trinajstić information content (AvgIpc) is 2.08. The van der Waals surface area contributed by atoms with Gasteiger partial charge >= 0.3 is 16.8 Å². The van der Waals surface area contributed by atoms with Crippen molar-refractivity contribution in [2.24, 2.45) is 0 Å². The molecule has 2 heterocycles. The fourth-order valence-corrected chi connectivity index (χ4v) is 0.839. The third-order valence-corrected chi connectivity index (χ3v) is 1.37. The van der Waals surface area contributed by atoms with Gasteiger partial charge in [0.2, 0.25) is 0 Å². The second-order valence-electron chi connectivity index (χ2n) is 2.25. The molecule has 8 heteroatoms. The van der Waals surface area contributed by atoms with E-state index >= 15 is 0 Å². The molecule has 0 fully saturated rings. The first kappa shape index (κ1) is 7.40. The fourth-order valence-electron chi connectivity index (χ4n) is 0.839. The number of nitrogens with one attached hydrogen (secondary N) is 3. The van der Waals surface area contributed by atoms with Crippen molar-refractivity contribution in [3.8, 4) is 0 Å². The summed E-state index contributed by atoms with van der Waals surface area (Å²) >= 11 is 0. The molecule has 2 aromatic rings. The van der Waals surface area contributed by atoms with Gasteiger partial charge in [0.15, 0.2) is 11.3 Å². The number of hydrogen-bond acceptors (Lipinski definition) is 5. The third-order valence-electron chi connectivity index (χ3n) is 1.37. The van der Waals surface area contributed by atoms with Crippen LogP contribution in [0, 0.1) is 0 Å². The molecular formula is C5H3N5O3. The van der Waals surface area contributed by atoms with Crippen LogP contribution >= 0.6 is 0 Å². The molecule has 0 atom stereocenters. The minimum absolute atomic E-state index is 0.0317. The van der Waals surface area contributed by atoms with Gasteiger partial charge in [0.05, 0.1) is 0 Å². The van der Waals surface area contributed by atoms with Gasteiger partial charge in [-0.1, -0.05) is 0 Å². The monoisotopic (exact) mass is 181 g/mol. The van der Waals surface area contributed by atoms with E-state index in [-0.39, 0.29) is 11.3 Å². The van der Waals surface area contributed by atoms with Gasteiger partial charge in [-0.3, -0.25) is 19.6 Å². The highest BCUT2D eigenvalue weighted by Gasteiger charge is 2.01. The Morgan fingerprint density at radius 1 is 0.923 bits per heavy atom. The van der Waals surface area contributed by atoms with Crippen LogP contribution in [-0.4, -0.2) is 25.1 Å². The minimum atomic E-state index is -0.868. The van der Waals surface area contributed by atoms with Crippen molar-refractivity contribution in [2.45, 2.75) is 0 Å². The van der Waals surface area contributed by atoms with E-state index in [1.165, 1.54) is 0 Å². The Bertz CT molecular complexity index is 620. The summed E-state index contributed by atoms with van der Waals surface area (Å²) in [6.07, 6.45) is 0. The van der Waals surface area contributed by atoms with E-state index < -0.39 is 16.8 Å². The molecule has 0 amide bonds. The molecule has 2 rings (SSSR count). The van der Waals surface area contributed by atoms with Gasteiger partial charge in [-0.2, -0.15) is 4.98 Å². The minimum Gasteiger partial charge on any atom is -0.299 e. The van der Waals surface area contributed by atoms with Gasteiger partial charge in [0.1, 0.15) is 0 Å². The molecule has 0 radical (unpaired) electrons. The van der Waals surface area contributed by atoms with Crippen molar-refractivity contribution in [1.29, 1.82) is 0 Å². The van der Waals surface area contributed by atoms with Gasteiger partial charge in [-0.15, -0.1) is 5.10 Å². The van der Waals surface area contributed by atoms with Crippen molar-refractivity contribution in [3.63, 3.8) is 0 Å². The molecule has 2 aromatic heterocycles. The van der Waals surface area contributed by atoms with Crippen LogP contribution in [0.5, 0.6) is 0 Å². The SMILES string of the molecule is O=c1nc2[nH]c(=O)c(=O)[nH]c2n[nH]1. The lowest BCUT2D eigenvalue weighted by molar-refractivity contribution is 0.920. The van der Waals surface area contributed by atoms with Gasteiger partial charge in [0.25, 0.3) is 0 Å². The van der Waals surface area contributed by atoms with Crippen LogP contribution in [0.3, 0.4) is 0 Å². The van der Waals surface area contributed by atoms with Crippen molar-refractivity contribution in [3.05, 3.63) is 31.2 Å². The summed E-state index contributed by atoms with van der Waals surface area (Å²) in [6.45, 7) is 0. The summed E-state index contributed by atoms with van der Waals surface area (Å²) in [5.74, 6) is 0. The van der Waals surface area contributed by atoms with Crippen LogP contribution in [0.2, 0.25) is 0 Å². The van der Waals surface area contributed by atoms with Crippen LogP contribution in [0.1, 0.15) is 0 Å². The highest BCUT2D eigenvalue weighted by atomic mass is 16.2. The van der Waals surface area contributed by atoms with E-state index in [0.29, 0.717) is 0 Å². The molecule has 0 spiro atoms. The van der Waals surface area contributed by atoms with Gasteiger partial charge in [-0.05, 0) is 0 Å². The molecule has 3 N–H and O–H groups in total. The maximum Gasteiger partial charge on any atom is 0.363 e. The molecule has 0 aliphatic rings. The molecular weight excluding hydrogens is 178 g/mol. The first-order valence-electron chi connectivity index (χ1n) is 3.26. The summed E-state index contributed by atoms with van der Waals surface area (Å²) in [5.41, 5.74) is -2.42. The molecule has 0 unspecified atom stereocenters. The quantitative estimate of drug-likeness (QED) is 0.394. The number of aromatic amines is 3. The predicted octanol–water partition coefficient (Wildman–Crippen LogP) is -2.31. The van der Waals surface area contributed by atoms with Gasteiger partial charge < -0.3 is 0 Å². The first-order valence-corrected chi connectivity index (χ1v) is 3.26. The highest BCUT2D eigenvalue weighted by molar-refractivity contribution is 5.61. The summed E-state index contributed by atoms with van der Waals surface area (Å²) in [4.78, 5) is 39.8. The fraction of sp³-hybridized carbons (Fsp3) is 0. The second-order valence-corrected chi connectivity index (χ2v) is 2.25. The number of nitrogens with zero attached hydrogens (tertiary/aromatic N) is 2. The van der Waals surface area contributed by atoms with E-state index in [4.69, 9.17) is 0 Å². The predicted molar refractivity (Wildman–Crippen MR) is 41.4 cm³/mol. The molecule has 0 saturated heterocycles. The molecule has 0 aliphatic heterocycles. The Labute approximate surface area is 68.7 Å². The molecule has 0 bridgehead atoms.